The van der Waals surface area contributed by atoms with E-state index in [1.807, 2.05) is 18.7 Å². The first-order valence-electron chi connectivity index (χ1n) is 12.8. The van der Waals surface area contributed by atoms with E-state index in [1.165, 1.54) is 16.7 Å². The predicted molar refractivity (Wildman–Crippen MR) is 137 cm³/mol. The van der Waals surface area contributed by atoms with Gasteiger partial charge in [-0.25, -0.2) is 27.5 Å². The first kappa shape index (κ1) is 26.4. The molecule has 38 heavy (non-hydrogen) atoms. The maximum Gasteiger partial charge on any atom is 0.276 e. The number of hydrogen-bond acceptors (Lipinski definition) is 6. The zero-order valence-corrected chi connectivity index (χ0v) is 21.8. The van der Waals surface area contributed by atoms with E-state index >= 15 is 0 Å². The Kier molecular flexibility index (Phi) is 6.83. The topological polar surface area (TPSA) is 72.3 Å². The highest BCUT2D eigenvalue weighted by Gasteiger charge is 2.46. The third kappa shape index (κ3) is 4.61. The average Bonchev–Trinajstić information content (AvgIpc) is 3.64. The number of aryl methyl sites for hydroxylation is 1. The molecule has 0 amide bonds. The maximum atomic E-state index is 14.9. The lowest BCUT2D eigenvalue weighted by Crippen LogP contribution is -2.48. The van der Waals surface area contributed by atoms with Crippen molar-refractivity contribution in [2.75, 3.05) is 30.0 Å². The molecule has 3 heterocycles. The zero-order chi connectivity index (χ0) is 27.4. The quantitative estimate of drug-likeness (QED) is 0.409. The molecule has 2 fully saturated rings. The summed E-state index contributed by atoms with van der Waals surface area (Å²) in [6, 6.07) is 3.14. The Bertz CT molecular complexity index is 1410. The van der Waals surface area contributed by atoms with Crippen LogP contribution in [0, 0.1) is 12.7 Å². The summed E-state index contributed by atoms with van der Waals surface area (Å²) in [4.78, 5) is 24.9. The van der Waals surface area contributed by atoms with Crippen LogP contribution in [0.4, 0.5) is 29.1 Å². The van der Waals surface area contributed by atoms with Gasteiger partial charge in [0.05, 0.1) is 34.7 Å². The lowest BCUT2D eigenvalue weighted by molar-refractivity contribution is -0.00524. The van der Waals surface area contributed by atoms with Gasteiger partial charge in [0.25, 0.3) is 12.0 Å². The second kappa shape index (κ2) is 9.83. The van der Waals surface area contributed by atoms with E-state index in [9.17, 15) is 22.4 Å². The number of fused-ring (bicyclic) bond motifs is 1. The van der Waals surface area contributed by atoms with Crippen LogP contribution in [-0.4, -0.2) is 46.5 Å². The number of rotatable bonds is 7. The standard InChI is InChI=1S/C27H31F4N5O2/c1-14-10-35(11-15(2)38-14)23-22-20(12-36(26(23)37)27(13-28)8-9-27)25(34-17(4)33-22)32-16(3)18-6-5-7-19(21(18)29)24(30)31/h5-7,12,14-16,24H,8-11,13H2,1-4H3,(H,32,33,34)/t14-,15+,16-/m1/s1. The van der Waals surface area contributed by atoms with E-state index in [0.717, 1.165) is 6.07 Å². The number of halogens is 4. The fraction of sp³-hybridized carbons (Fsp3) is 0.519. The van der Waals surface area contributed by atoms with Gasteiger partial charge in [0.2, 0.25) is 0 Å². The molecule has 2 aromatic heterocycles. The molecule has 2 aliphatic rings. The van der Waals surface area contributed by atoms with E-state index < -0.39 is 36.1 Å². The average molecular weight is 534 g/mol. The first-order valence-corrected chi connectivity index (χ1v) is 12.8. The summed E-state index contributed by atoms with van der Waals surface area (Å²) >= 11 is 0. The highest BCUT2D eigenvalue weighted by Crippen LogP contribution is 2.44. The minimum absolute atomic E-state index is 0.0546. The smallest absolute Gasteiger partial charge is 0.276 e. The molecule has 3 aromatic rings. The van der Waals surface area contributed by atoms with Gasteiger partial charge in [-0.15, -0.1) is 0 Å². The van der Waals surface area contributed by atoms with Gasteiger partial charge in [-0.05, 0) is 40.5 Å². The van der Waals surface area contributed by atoms with Gasteiger partial charge >= 0.3 is 0 Å². The van der Waals surface area contributed by atoms with E-state index in [1.54, 1.807) is 20.0 Å². The normalized spacial score (nSPS) is 21.7. The molecule has 1 saturated carbocycles. The van der Waals surface area contributed by atoms with Crippen molar-refractivity contribution in [3.63, 3.8) is 0 Å². The Morgan fingerprint density at radius 3 is 2.42 bits per heavy atom. The van der Waals surface area contributed by atoms with E-state index in [0.29, 0.717) is 54.2 Å². The van der Waals surface area contributed by atoms with E-state index in [-0.39, 0.29) is 23.3 Å². The SMILES string of the molecule is Cc1nc(N[C@H](C)c2cccc(C(F)F)c2F)c2cn(C3(CF)CC3)c(=O)c(N3C[C@@H](C)O[C@@H](C)C3)c2n1. The predicted octanol–water partition coefficient (Wildman–Crippen LogP) is 5.42. The highest BCUT2D eigenvalue weighted by atomic mass is 19.3. The van der Waals surface area contributed by atoms with E-state index in [2.05, 4.69) is 15.3 Å². The summed E-state index contributed by atoms with van der Waals surface area (Å²) in [5.41, 5.74) is -1.14. The third-order valence-electron chi connectivity index (χ3n) is 7.40. The Balaban J connectivity index is 1.68. The molecule has 1 aliphatic heterocycles. The Hall–Kier alpha value is -3.21. The number of hydrogen-bond donors (Lipinski definition) is 1. The van der Waals surface area contributed by atoms with Gasteiger partial charge in [-0.1, -0.05) is 18.2 Å². The summed E-state index contributed by atoms with van der Waals surface area (Å²) in [7, 11) is 0. The number of nitrogens with one attached hydrogen (secondary N) is 1. The molecule has 204 valence electrons. The summed E-state index contributed by atoms with van der Waals surface area (Å²) < 4.78 is 63.0. The highest BCUT2D eigenvalue weighted by molar-refractivity contribution is 5.97. The third-order valence-corrected chi connectivity index (χ3v) is 7.40. The van der Waals surface area contributed by atoms with Crippen LogP contribution < -0.4 is 15.8 Å². The minimum Gasteiger partial charge on any atom is -0.372 e. The van der Waals surface area contributed by atoms with E-state index in [4.69, 9.17) is 4.74 Å². The molecular formula is C27H31F4N5O2. The van der Waals surface area contributed by atoms with Crippen molar-refractivity contribution in [1.29, 1.82) is 0 Å². The Morgan fingerprint density at radius 1 is 1.16 bits per heavy atom. The maximum absolute atomic E-state index is 14.9. The first-order chi connectivity index (χ1) is 18.0. The van der Waals surface area contributed by atoms with Crippen LogP contribution in [0.15, 0.2) is 29.2 Å². The van der Waals surface area contributed by atoms with Crippen molar-refractivity contribution in [2.45, 2.75) is 70.8 Å². The number of ether oxygens (including phenoxy) is 1. The fourth-order valence-corrected chi connectivity index (χ4v) is 5.33. The van der Waals surface area contributed by atoms with Gasteiger partial charge in [0.15, 0.2) is 0 Å². The molecule has 5 rings (SSSR count). The number of morpholine rings is 1. The Labute approximate surface area is 217 Å². The molecule has 3 atom stereocenters. The molecule has 0 bridgehead atoms. The minimum atomic E-state index is -2.95. The second-order valence-electron chi connectivity index (χ2n) is 10.5. The van der Waals surface area contributed by atoms with Gasteiger partial charge < -0.3 is 19.5 Å². The summed E-state index contributed by atoms with van der Waals surface area (Å²) in [5.74, 6) is -0.310. The van der Waals surface area contributed by atoms with Crippen LogP contribution >= 0.6 is 0 Å². The van der Waals surface area contributed by atoms with Crippen LogP contribution in [-0.2, 0) is 10.3 Å². The molecule has 1 aromatic carbocycles. The van der Waals surface area contributed by atoms with Gasteiger partial charge in [-0.3, -0.25) is 4.79 Å². The molecular weight excluding hydrogens is 502 g/mol. The van der Waals surface area contributed by atoms with Crippen LogP contribution in [0.2, 0.25) is 0 Å². The van der Waals surface area contributed by atoms with Crippen molar-refractivity contribution in [2.24, 2.45) is 0 Å². The van der Waals surface area contributed by atoms with Crippen molar-refractivity contribution < 1.29 is 22.3 Å². The molecule has 0 unspecified atom stereocenters. The number of anilines is 2. The van der Waals surface area contributed by atoms with Crippen LogP contribution in [0.5, 0.6) is 0 Å². The largest absolute Gasteiger partial charge is 0.372 e. The molecule has 1 aliphatic carbocycles. The molecule has 1 saturated heterocycles. The number of alkyl halides is 3. The fourth-order valence-electron chi connectivity index (χ4n) is 5.33. The summed E-state index contributed by atoms with van der Waals surface area (Å²) in [6.45, 7) is 7.39. The van der Waals surface area contributed by atoms with Crippen LogP contribution in [0.3, 0.4) is 0 Å². The van der Waals surface area contributed by atoms with Gasteiger partial charge in [-0.2, -0.15) is 0 Å². The number of aromatic nitrogens is 3. The number of nitrogens with zero attached hydrogens (tertiary/aromatic N) is 4. The van der Waals surface area contributed by atoms with Crippen LogP contribution in [0.25, 0.3) is 10.9 Å². The lowest BCUT2D eigenvalue weighted by atomic mass is 10.0. The molecule has 0 radical (unpaired) electrons. The van der Waals surface area contributed by atoms with Crippen molar-refractivity contribution >= 4 is 22.4 Å². The summed E-state index contributed by atoms with van der Waals surface area (Å²) in [6.07, 6.45) is -0.590. The molecule has 0 spiro atoms. The van der Waals surface area contributed by atoms with Gasteiger partial charge in [0.1, 0.15) is 35.3 Å². The monoisotopic (exact) mass is 533 g/mol. The molecule has 1 N–H and O–H groups in total. The number of benzene rings is 1. The second-order valence-corrected chi connectivity index (χ2v) is 10.5. The van der Waals surface area contributed by atoms with Crippen LogP contribution in [0.1, 0.15) is 63.0 Å². The number of pyridine rings is 1. The van der Waals surface area contributed by atoms with Crippen molar-refractivity contribution in [3.05, 3.63) is 57.5 Å². The van der Waals surface area contributed by atoms with Crippen molar-refractivity contribution in [3.8, 4) is 0 Å². The lowest BCUT2D eigenvalue weighted by Gasteiger charge is -2.37. The van der Waals surface area contributed by atoms with Crippen molar-refractivity contribution in [1.82, 2.24) is 14.5 Å². The Morgan fingerprint density at radius 2 is 1.82 bits per heavy atom. The zero-order valence-electron chi connectivity index (χ0n) is 21.8. The molecule has 11 heteroatoms. The molecule has 7 nitrogen and oxygen atoms in total. The summed E-state index contributed by atoms with van der Waals surface area (Å²) in [5, 5.41) is 3.61. The van der Waals surface area contributed by atoms with Gasteiger partial charge in [0, 0.05) is 24.8 Å².